The summed E-state index contributed by atoms with van der Waals surface area (Å²) in [6.45, 7) is 7.26. The van der Waals surface area contributed by atoms with E-state index >= 15 is 0 Å². The van der Waals surface area contributed by atoms with Crippen LogP contribution in [-0.4, -0.2) is 16.5 Å². The van der Waals surface area contributed by atoms with Crippen LogP contribution in [0.3, 0.4) is 0 Å². The number of nitrogens with one attached hydrogen (secondary N) is 1. The maximum Gasteiger partial charge on any atom is 0.186 e. The highest BCUT2D eigenvalue weighted by Crippen LogP contribution is 2.43. The van der Waals surface area contributed by atoms with Gasteiger partial charge in [0, 0.05) is 6.54 Å². The molecule has 20 heavy (non-hydrogen) atoms. The van der Waals surface area contributed by atoms with Gasteiger partial charge in [-0.2, -0.15) is 0 Å². The van der Waals surface area contributed by atoms with Crippen molar-refractivity contribution in [3.05, 3.63) is 17.8 Å². The third-order valence-electron chi connectivity index (χ3n) is 4.33. The van der Waals surface area contributed by atoms with Crippen LogP contribution in [0.2, 0.25) is 0 Å². The first-order valence-electron chi connectivity index (χ1n) is 7.79. The number of nitrogens with zero attached hydrogens (tertiary/aromatic N) is 2. The average Bonchev–Trinajstić information content (AvgIpc) is 2.85. The summed E-state index contributed by atoms with van der Waals surface area (Å²) in [6, 6.07) is 0. The van der Waals surface area contributed by atoms with E-state index in [2.05, 4.69) is 29.1 Å². The second kappa shape index (κ2) is 6.51. The van der Waals surface area contributed by atoms with Gasteiger partial charge in [0.2, 0.25) is 0 Å². The molecule has 1 aromatic rings. The molecule has 0 spiro atoms. The van der Waals surface area contributed by atoms with Crippen molar-refractivity contribution in [3.8, 4) is 0 Å². The van der Waals surface area contributed by atoms with Crippen LogP contribution in [0.15, 0.2) is 6.33 Å². The Balaban J connectivity index is 2.06. The number of hydrogen-bond donors (Lipinski definition) is 1. The molecule has 0 atom stereocenters. The number of halogens is 1. The van der Waals surface area contributed by atoms with Crippen molar-refractivity contribution in [2.45, 2.75) is 59.3 Å². The van der Waals surface area contributed by atoms with Crippen molar-refractivity contribution in [1.29, 1.82) is 0 Å². The quantitative estimate of drug-likeness (QED) is 0.848. The molecule has 4 heteroatoms. The van der Waals surface area contributed by atoms with Gasteiger partial charge in [-0.25, -0.2) is 14.4 Å². The third-order valence-corrected chi connectivity index (χ3v) is 4.33. The standard InChI is InChI=1S/C16H26FN3/c1-4-13-14(17)15(20-11-19-13)18-10-16(9-12(2)3)7-5-6-8-16/h11-12H,4-10H2,1-3H3,(H,18,19,20). The van der Waals surface area contributed by atoms with Gasteiger partial charge in [-0.3, -0.25) is 0 Å². The Morgan fingerprint density at radius 3 is 2.60 bits per heavy atom. The van der Waals surface area contributed by atoms with Crippen LogP contribution in [0.4, 0.5) is 10.2 Å². The van der Waals surface area contributed by atoms with Crippen molar-refractivity contribution in [3.63, 3.8) is 0 Å². The van der Waals surface area contributed by atoms with Crippen LogP contribution in [0.1, 0.15) is 58.6 Å². The summed E-state index contributed by atoms with van der Waals surface area (Å²) >= 11 is 0. The van der Waals surface area contributed by atoms with Gasteiger partial charge in [-0.1, -0.05) is 33.6 Å². The molecule has 1 fully saturated rings. The Kier molecular flexibility index (Phi) is 4.95. The van der Waals surface area contributed by atoms with E-state index in [0.717, 1.165) is 6.54 Å². The lowest BCUT2D eigenvalue weighted by Gasteiger charge is -2.31. The first-order valence-corrected chi connectivity index (χ1v) is 7.79. The number of rotatable bonds is 6. The highest BCUT2D eigenvalue weighted by atomic mass is 19.1. The molecule has 0 aliphatic heterocycles. The van der Waals surface area contributed by atoms with Gasteiger partial charge in [0.15, 0.2) is 11.6 Å². The molecule has 0 unspecified atom stereocenters. The fraction of sp³-hybridized carbons (Fsp3) is 0.750. The Bertz CT molecular complexity index is 439. The number of aromatic nitrogens is 2. The third kappa shape index (κ3) is 3.47. The van der Waals surface area contributed by atoms with E-state index in [4.69, 9.17) is 0 Å². The van der Waals surface area contributed by atoms with Crippen LogP contribution >= 0.6 is 0 Å². The van der Waals surface area contributed by atoms with Crippen molar-refractivity contribution >= 4 is 5.82 Å². The molecule has 2 rings (SSSR count). The maximum atomic E-state index is 14.1. The van der Waals surface area contributed by atoms with Crippen molar-refractivity contribution < 1.29 is 4.39 Å². The van der Waals surface area contributed by atoms with E-state index in [0.29, 0.717) is 29.3 Å². The normalized spacial score (nSPS) is 17.6. The van der Waals surface area contributed by atoms with Crippen molar-refractivity contribution in [2.24, 2.45) is 11.3 Å². The van der Waals surface area contributed by atoms with Gasteiger partial charge in [-0.15, -0.1) is 0 Å². The summed E-state index contributed by atoms with van der Waals surface area (Å²) in [5.41, 5.74) is 0.810. The van der Waals surface area contributed by atoms with Gasteiger partial charge >= 0.3 is 0 Å². The summed E-state index contributed by atoms with van der Waals surface area (Å²) in [5.74, 6) is 0.760. The van der Waals surface area contributed by atoms with Crippen LogP contribution in [0, 0.1) is 17.2 Å². The lowest BCUT2D eigenvalue weighted by Crippen LogP contribution is -2.29. The van der Waals surface area contributed by atoms with E-state index in [1.807, 2.05) is 6.92 Å². The minimum Gasteiger partial charge on any atom is -0.367 e. The van der Waals surface area contributed by atoms with E-state index in [1.54, 1.807) is 0 Å². The molecule has 1 aliphatic carbocycles. The van der Waals surface area contributed by atoms with Gasteiger partial charge in [0.25, 0.3) is 0 Å². The molecular formula is C16H26FN3. The SMILES string of the molecule is CCc1ncnc(NCC2(CC(C)C)CCCC2)c1F. The fourth-order valence-corrected chi connectivity index (χ4v) is 3.49. The molecule has 0 radical (unpaired) electrons. The summed E-state index contributed by atoms with van der Waals surface area (Å²) in [5, 5.41) is 3.25. The van der Waals surface area contributed by atoms with Crippen LogP contribution in [0.25, 0.3) is 0 Å². The zero-order chi connectivity index (χ0) is 14.6. The first kappa shape index (κ1) is 15.2. The zero-order valence-electron chi connectivity index (χ0n) is 12.9. The molecule has 1 aliphatic rings. The van der Waals surface area contributed by atoms with Gasteiger partial charge < -0.3 is 5.32 Å². The van der Waals surface area contributed by atoms with Crippen LogP contribution < -0.4 is 5.32 Å². The summed E-state index contributed by atoms with van der Waals surface area (Å²) in [4.78, 5) is 8.04. The largest absolute Gasteiger partial charge is 0.367 e. The zero-order valence-corrected chi connectivity index (χ0v) is 12.9. The molecule has 1 saturated carbocycles. The number of anilines is 1. The predicted octanol–water partition coefficient (Wildman–Crippen LogP) is 4.20. The maximum absolute atomic E-state index is 14.1. The molecule has 3 nitrogen and oxygen atoms in total. The molecule has 1 heterocycles. The van der Waals surface area contributed by atoms with Crippen molar-refractivity contribution in [1.82, 2.24) is 9.97 Å². The molecule has 0 saturated heterocycles. The second-order valence-electron chi connectivity index (χ2n) is 6.50. The molecule has 0 aromatic carbocycles. The van der Waals surface area contributed by atoms with Gasteiger partial charge in [-0.05, 0) is 37.0 Å². The van der Waals surface area contributed by atoms with E-state index in [9.17, 15) is 4.39 Å². The Morgan fingerprint density at radius 1 is 1.30 bits per heavy atom. The minimum absolute atomic E-state index is 0.285. The number of aryl methyl sites for hydroxylation is 1. The second-order valence-corrected chi connectivity index (χ2v) is 6.50. The summed E-state index contributed by atoms with van der Waals surface area (Å²) in [6.07, 6.45) is 8.32. The molecule has 0 bridgehead atoms. The van der Waals surface area contributed by atoms with Gasteiger partial charge in [0.05, 0.1) is 5.69 Å². The van der Waals surface area contributed by atoms with Crippen molar-refractivity contribution in [2.75, 3.05) is 11.9 Å². The van der Waals surface area contributed by atoms with E-state index in [-0.39, 0.29) is 5.82 Å². The van der Waals surface area contributed by atoms with Crippen LogP contribution in [0.5, 0.6) is 0 Å². The molecule has 0 amide bonds. The highest BCUT2D eigenvalue weighted by molar-refractivity contribution is 5.37. The monoisotopic (exact) mass is 279 g/mol. The Hall–Kier alpha value is -1.19. The first-order chi connectivity index (χ1) is 9.56. The van der Waals surface area contributed by atoms with Gasteiger partial charge in [0.1, 0.15) is 6.33 Å². The summed E-state index contributed by atoms with van der Waals surface area (Å²) in [7, 11) is 0. The lowest BCUT2D eigenvalue weighted by atomic mass is 9.78. The Morgan fingerprint density at radius 2 is 2.00 bits per heavy atom. The average molecular weight is 279 g/mol. The smallest absolute Gasteiger partial charge is 0.186 e. The minimum atomic E-state index is -0.285. The molecule has 112 valence electrons. The molecule has 1 N–H and O–H groups in total. The van der Waals surface area contributed by atoms with E-state index in [1.165, 1.54) is 38.4 Å². The fourth-order valence-electron chi connectivity index (χ4n) is 3.49. The molecular weight excluding hydrogens is 253 g/mol. The predicted molar refractivity (Wildman–Crippen MR) is 80.2 cm³/mol. The van der Waals surface area contributed by atoms with Crippen LogP contribution in [-0.2, 0) is 6.42 Å². The number of hydrogen-bond acceptors (Lipinski definition) is 3. The highest BCUT2D eigenvalue weighted by Gasteiger charge is 2.34. The topological polar surface area (TPSA) is 37.8 Å². The van der Waals surface area contributed by atoms with E-state index < -0.39 is 0 Å². The lowest BCUT2D eigenvalue weighted by molar-refractivity contribution is 0.252. The molecule has 1 aromatic heterocycles. The summed E-state index contributed by atoms with van der Waals surface area (Å²) < 4.78 is 14.1. The Labute approximate surface area is 121 Å².